The first-order valence-electron chi connectivity index (χ1n) is 7.43. The number of hydrogen-bond acceptors (Lipinski definition) is 4. The van der Waals surface area contributed by atoms with Gasteiger partial charge < -0.3 is 19.8 Å². The Balaban J connectivity index is 1.97. The van der Waals surface area contributed by atoms with E-state index in [1.54, 1.807) is 0 Å². The Morgan fingerprint density at radius 3 is 2.76 bits per heavy atom. The highest BCUT2D eigenvalue weighted by Gasteiger charge is 2.17. The van der Waals surface area contributed by atoms with Crippen molar-refractivity contribution in [1.82, 2.24) is 9.55 Å². The molecule has 2 N–H and O–H groups in total. The highest BCUT2D eigenvalue weighted by atomic mass is 16.6. The largest absolute Gasteiger partial charge is 0.486 e. The molecule has 0 aliphatic carbocycles. The zero-order valence-electron chi connectivity index (χ0n) is 12.6. The highest BCUT2D eigenvalue weighted by molar-refractivity contribution is 5.73. The lowest BCUT2D eigenvalue weighted by molar-refractivity contribution is 0.171. The molecular weight excluding hydrogens is 266 g/mol. The maximum absolute atomic E-state index is 6.28. The van der Waals surface area contributed by atoms with Crippen LogP contribution in [0.4, 0.5) is 5.82 Å². The van der Waals surface area contributed by atoms with Crippen LogP contribution in [-0.2, 0) is 6.54 Å². The predicted octanol–water partition coefficient (Wildman–Crippen LogP) is 3.01. The van der Waals surface area contributed by atoms with Crippen LogP contribution in [-0.4, -0.2) is 22.8 Å². The number of aryl methyl sites for hydroxylation is 1. The number of unbranched alkanes of at least 4 members (excludes halogenated alkanes) is 1. The lowest BCUT2D eigenvalue weighted by Gasteiger charge is -2.18. The Morgan fingerprint density at radius 1 is 1.24 bits per heavy atom. The fourth-order valence-corrected chi connectivity index (χ4v) is 2.58. The lowest BCUT2D eigenvalue weighted by Crippen LogP contribution is -2.15. The molecule has 0 atom stereocenters. The van der Waals surface area contributed by atoms with Crippen LogP contribution < -0.4 is 15.2 Å². The van der Waals surface area contributed by atoms with Crippen LogP contribution in [0.15, 0.2) is 18.2 Å². The number of nitrogen functional groups attached to an aromatic ring is 1. The first kappa shape index (κ1) is 13.8. The van der Waals surface area contributed by atoms with E-state index in [0.717, 1.165) is 53.8 Å². The smallest absolute Gasteiger partial charge is 0.162 e. The summed E-state index contributed by atoms with van der Waals surface area (Å²) in [5, 5.41) is 0. The molecule has 0 fully saturated rings. The molecule has 21 heavy (non-hydrogen) atoms. The van der Waals surface area contributed by atoms with E-state index in [2.05, 4.69) is 16.5 Å². The molecule has 3 rings (SSSR count). The van der Waals surface area contributed by atoms with Gasteiger partial charge in [0.15, 0.2) is 11.5 Å². The minimum atomic E-state index is 0.579. The summed E-state index contributed by atoms with van der Waals surface area (Å²) in [6, 6.07) is 5.86. The van der Waals surface area contributed by atoms with E-state index in [0.29, 0.717) is 13.2 Å². The monoisotopic (exact) mass is 287 g/mol. The second-order valence-corrected chi connectivity index (χ2v) is 5.26. The predicted molar refractivity (Wildman–Crippen MR) is 82.7 cm³/mol. The van der Waals surface area contributed by atoms with Crippen molar-refractivity contribution in [2.75, 3.05) is 18.9 Å². The molecule has 0 saturated carbocycles. The second kappa shape index (κ2) is 5.68. The number of benzene rings is 1. The van der Waals surface area contributed by atoms with Crippen molar-refractivity contribution in [3.63, 3.8) is 0 Å². The average molecular weight is 287 g/mol. The van der Waals surface area contributed by atoms with Crippen LogP contribution in [0.1, 0.15) is 25.6 Å². The Bertz CT molecular complexity index is 649. The van der Waals surface area contributed by atoms with Crippen LogP contribution in [0.3, 0.4) is 0 Å². The summed E-state index contributed by atoms with van der Waals surface area (Å²) in [5.74, 6) is 3.22. The Labute approximate surface area is 124 Å². The first-order chi connectivity index (χ1) is 10.2. The van der Waals surface area contributed by atoms with Gasteiger partial charge in [0, 0.05) is 12.1 Å². The van der Waals surface area contributed by atoms with E-state index in [1.165, 1.54) is 0 Å². The zero-order chi connectivity index (χ0) is 14.8. The minimum absolute atomic E-state index is 0.579. The number of ether oxygens (including phenoxy) is 2. The van der Waals surface area contributed by atoms with E-state index in [1.807, 2.05) is 25.1 Å². The molecule has 1 aromatic carbocycles. The molecule has 0 saturated heterocycles. The molecule has 2 heterocycles. The Morgan fingerprint density at radius 2 is 2.00 bits per heavy atom. The first-order valence-corrected chi connectivity index (χ1v) is 7.43. The molecular formula is C16H21N3O2. The lowest BCUT2D eigenvalue weighted by atomic mass is 10.1. The van der Waals surface area contributed by atoms with Crippen molar-refractivity contribution >= 4 is 5.82 Å². The van der Waals surface area contributed by atoms with Crippen molar-refractivity contribution < 1.29 is 9.47 Å². The molecule has 1 aliphatic rings. The van der Waals surface area contributed by atoms with Crippen molar-refractivity contribution in [2.24, 2.45) is 0 Å². The minimum Gasteiger partial charge on any atom is -0.486 e. The molecule has 0 radical (unpaired) electrons. The van der Waals surface area contributed by atoms with E-state index < -0.39 is 0 Å². The van der Waals surface area contributed by atoms with Gasteiger partial charge in [-0.3, -0.25) is 0 Å². The topological polar surface area (TPSA) is 62.3 Å². The third kappa shape index (κ3) is 2.55. The summed E-state index contributed by atoms with van der Waals surface area (Å²) in [4.78, 5) is 4.62. The number of aromatic nitrogens is 2. The molecule has 112 valence electrons. The summed E-state index contributed by atoms with van der Waals surface area (Å²) >= 11 is 0. The van der Waals surface area contributed by atoms with E-state index in [9.17, 15) is 0 Å². The number of imidazole rings is 1. The van der Waals surface area contributed by atoms with Gasteiger partial charge in [-0.2, -0.15) is 0 Å². The second-order valence-electron chi connectivity index (χ2n) is 5.26. The summed E-state index contributed by atoms with van der Waals surface area (Å²) in [5.41, 5.74) is 8.07. The van der Waals surface area contributed by atoms with Crippen LogP contribution in [0.5, 0.6) is 11.5 Å². The number of hydrogen-bond donors (Lipinski definition) is 1. The van der Waals surface area contributed by atoms with Crippen molar-refractivity contribution in [3.05, 3.63) is 24.0 Å². The van der Waals surface area contributed by atoms with E-state index in [4.69, 9.17) is 15.2 Å². The molecule has 0 unspecified atom stereocenters. The van der Waals surface area contributed by atoms with Crippen molar-refractivity contribution in [2.45, 2.75) is 33.2 Å². The van der Waals surface area contributed by atoms with Gasteiger partial charge in [0.1, 0.15) is 30.5 Å². The van der Waals surface area contributed by atoms with Crippen LogP contribution in [0.25, 0.3) is 11.3 Å². The Kier molecular flexibility index (Phi) is 3.73. The molecule has 5 heteroatoms. The number of nitrogens with two attached hydrogens (primary N) is 1. The van der Waals surface area contributed by atoms with Crippen molar-refractivity contribution in [3.8, 4) is 22.8 Å². The third-order valence-electron chi connectivity index (χ3n) is 3.75. The van der Waals surface area contributed by atoms with Gasteiger partial charge in [-0.05, 0) is 31.5 Å². The molecule has 0 amide bonds. The van der Waals surface area contributed by atoms with Crippen LogP contribution in [0.2, 0.25) is 0 Å². The third-order valence-corrected chi connectivity index (χ3v) is 3.75. The fraction of sp³-hybridized carbons (Fsp3) is 0.438. The average Bonchev–Trinajstić information content (AvgIpc) is 2.79. The summed E-state index contributed by atoms with van der Waals surface area (Å²) in [7, 11) is 0. The maximum atomic E-state index is 6.28. The maximum Gasteiger partial charge on any atom is 0.162 e. The summed E-state index contributed by atoms with van der Waals surface area (Å²) < 4.78 is 13.3. The molecule has 1 aromatic heterocycles. The zero-order valence-corrected chi connectivity index (χ0v) is 12.6. The van der Waals surface area contributed by atoms with Gasteiger partial charge in [-0.15, -0.1) is 0 Å². The number of anilines is 1. The molecule has 1 aliphatic heterocycles. The van der Waals surface area contributed by atoms with E-state index in [-0.39, 0.29) is 0 Å². The van der Waals surface area contributed by atoms with Gasteiger partial charge in [-0.1, -0.05) is 13.3 Å². The van der Waals surface area contributed by atoms with Gasteiger partial charge in [0.2, 0.25) is 0 Å². The number of rotatable bonds is 4. The normalized spacial score (nSPS) is 13.4. The molecule has 2 aromatic rings. The van der Waals surface area contributed by atoms with Gasteiger partial charge in [0.05, 0.1) is 0 Å². The van der Waals surface area contributed by atoms with Gasteiger partial charge in [0.25, 0.3) is 0 Å². The fourth-order valence-electron chi connectivity index (χ4n) is 2.58. The van der Waals surface area contributed by atoms with E-state index >= 15 is 0 Å². The molecule has 0 spiro atoms. The number of fused-ring (bicyclic) bond motifs is 1. The number of nitrogens with zero attached hydrogens (tertiary/aromatic N) is 2. The van der Waals surface area contributed by atoms with Gasteiger partial charge in [-0.25, -0.2) is 4.98 Å². The summed E-state index contributed by atoms with van der Waals surface area (Å²) in [6.07, 6.45) is 2.23. The standard InChI is InChI=1S/C16H21N3O2/c1-3-4-7-19-11(2)18-15(16(19)17)12-5-6-13-14(10-12)21-9-8-20-13/h5-6,10H,3-4,7-9,17H2,1-2H3. The van der Waals surface area contributed by atoms with Crippen LogP contribution >= 0.6 is 0 Å². The molecule has 5 nitrogen and oxygen atoms in total. The molecule has 0 bridgehead atoms. The Hall–Kier alpha value is -2.17. The quantitative estimate of drug-likeness (QED) is 0.939. The van der Waals surface area contributed by atoms with Crippen LogP contribution in [0, 0.1) is 6.92 Å². The highest BCUT2D eigenvalue weighted by Crippen LogP contribution is 2.36. The van der Waals surface area contributed by atoms with Crippen molar-refractivity contribution in [1.29, 1.82) is 0 Å². The SMILES string of the molecule is CCCCn1c(C)nc(-c2ccc3c(c2)OCCO3)c1N. The summed E-state index contributed by atoms with van der Waals surface area (Å²) in [6.45, 7) is 6.25. The van der Waals surface area contributed by atoms with Gasteiger partial charge >= 0.3 is 0 Å².